The van der Waals surface area contributed by atoms with Crippen molar-refractivity contribution in [3.63, 3.8) is 0 Å². The van der Waals surface area contributed by atoms with Crippen LogP contribution in [-0.4, -0.2) is 36.4 Å². The number of benzene rings is 1. The highest BCUT2D eigenvalue weighted by molar-refractivity contribution is 5.96. The molecule has 0 radical (unpaired) electrons. The molecule has 0 bridgehead atoms. The predicted octanol–water partition coefficient (Wildman–Crippen LogP) is 3.28. The lowest BCUT2D eigenvalue weighted by molar-refractivity contribution is -0.124. The zero-order chi connectivity index (χ0) is 19.3. The molecule has 0 aliphatic heterocycles. The van der Waals surface area contributed by atoms with Gasteiger partial charge in [-0.3, -0.25) is 4.79 Å². The van der Waals surface area contributed by atoms with E-state index >= 15 is 0 Å². The number of aromatic hydroxyl groups is 1. The lowest BCUT2D eigenvalue weighted by Gasteiger charge is -2.28. The third-order valence-corrected chi connectivity index (χ3v) is 3.80. The standard InChI is InChI=1S/C18H28N2O5/c1-7-18(5,11-19-16(23)25-17(2,3)4)15(22)20-13-10-12(24-6)8-9-14(13)21/h8-10,21H,7,11H2,1-6H3,(H,19,23)(H,20,22)/t18-/m0/s1. The number of hydrogen-bond donors (Lipinski definition) is 3. The van der Waals surface area contributed by atoms with E-state index < -0.39 is 17.1 Å². The Labute approximate surface area is 148 Å². The molecule has 0 saturated carbocycles. The fourth-order valence-corrected chi connectivity index (χ4v) is 1.96. The molecule has 0 heterocycles. The summed E-state index contributed by atoms with van der Waals surface area (Å²) in [7, 11) is 1.50. The maximum Gasteiger partial charge on any atom is 0.407 e. The molecule has 7 nitrogen and oxygen atoms in total. The van der Waals surface area contributed by atoms with Crippen molar-refractivity contribution in [2.75, 3.05) is 19.0 Å². The Morgan fingerprint density at radius 3 is 2.36 bits per heavy atom. The van der Waals surface area contributed by atoms with Gasteiger partial charge in [-0.1, -0.05) is 6.92 Å². The zero-order valence-corrected chi connectivity index (χ0v) is 15.7. The van der Waals surface area contributed by atoms with Crippen LogP contribution in [0, 0.1) is 5.41 Å². The van der Waals surface area contributed by atoms with Gasteiger partial charge in [0.25, 0.3) is 0 Å². The molecule has 0 fully saturated rings. The van der Waals surface area contributed by atoms with Crippen LogP contribution in [0.25, 0.3) is 0 Å². The molecule has 25 heavy (non-hydrogen) atoms. The van der Waals surface area contributed by atoms with Crippen LogP contribution in [0.5, 0.6) is 11.5 Å². The molecular formula is C18H28N2O5. The van der Waals surface area contributed by atoms with Crippen molar-refractivity contribution in [3.05, 3.63) is 18.2 Å². The molecule has 0 saturated heterocycles. The van der Waals surface area contributed by atoms with E-state index in [2.05, 4.69) is 10.6 Å². The van der Waals surface area contributed by atoms with Gasteiger partial charge in [-0.15, -0.1) is 0 Å². The summed E-state index contributed by atoms with van der Waals surface area (Å²) in [5.41, 5.74) is -1.23. The van der Waals surface area contributed by atoms with Gasteiger partial charge in [0.1, 0.15) is 17.1 Å². The second kappa shape index (κ2) is 8.09. The number of alkyl carbamates (subject to hydrolysis) is 1. The molecule has 1 rings (SSSR count). The largest absolute Gasteiger partial charge is 0.506 e. The van der Waals surface area contributed by atoms with Crippen molar-refractivity contribution >= 4 is 17.7 Å². The SMILES string of the molecule is CC[C@@](C)(CNC(=O)OC(C)(C)C)C(=O)Nc1cc(OC)ccc1O. The third-order valence-electron chi connectivity index (χ3n) is 3.80. The summed E-state index contributed by atoms with van der Waals surface area (Å²) in [6, 6.07) is 4.56. The van der Waals surface area contributed by atoms with Gasteiger partial charge >= 0.3 is 6.09 Å². The Morgan fingerprint density at radius 2 is 1.84 bits per heavy atom. The van der Waals surface area contributed by atoms with Crippen LogP contribution in [0.3, 0.4) is 0 Å². The van der Waals surface area contributed by atoms with Crippen molar-refractivity contribution in [2.24, 2.45) is 5.41 Å². The van der Waals surface area contributed by atoms with E-state index in [1.165, 1.54) is 19.2 Å². The smallest absolute Gasteiger partial charge is 0.407 e. The fourth-order valence-electron chi connectivity index (χ4n) is 1.96. The lowest BCUT2D eigenvalue weighted by Crippen LogP contribution is -2.44. The van der Waals surface area contributed by atoms with Gasteiger partial charge < -0.3 is 25.2 Å². The number of anilines is 1. The van der Waals surface area contributed by atoms with E-state index in [1.807, 2.05) is 6.92 Å². The second-order valence-corrected chi connectivity index (χ2v) is 7.11. The maximum absolute atomic E-state index is 12.7. The van der Waals surface area contributed by atoms with Crippen LogP contribution in [0.15, 0.2) is 18.2 Å². The normalized spacial score (nSPS) is 13.5. The first-order valence-electron chi connectivity index (χ1n) is 8.16. The molecule has 2 amide bonds. The topological polar surface area (TPSA) is 96.9 Å². The van der Waals surface area contributed by atoms with Crippen LogP contribution >= 0.6 is 0 Å². The number of ether oxygens (including phenoxy) is 2. The maximum atomic E-state index is 12.7. The van der Waals surface area contributed by atoms with Crippen LogP contribution in [0.1, 0.15) is 41.0 Å². The summed E-state index contributed by atoms with van der Waals surface area (Å²) in [6.07, 6.45) is -0.0940. The minimum Gasteiger partial charge on any atom is -0.506 e. The van der Waals surface area contributed by atoms with Crippen LogP contribution in [0.4, 0.5) is 10.5 Å². The Kier molecular flexibility index (Phi) is 6.67. The van der Waals surface area contributed by atoms with Gasteiger partial charge in [-0.25, -0.2) is 4.79 Å². The summed E-state index contributed by atoms with van der Waals surface area (Å²) in [5.74, 6) is 0.125. The van der Waals surface area contributed by atoms with E-state index in [4.69, 9.17) is 9.47 Å². The second-order valence-electron chi connectivity index (χ2n) is 7.11. The number of phenolic OH excluding ortho intramolecular Hbond substituents is 1. The summed E-state index contributed by atoms with van der Waals surface area (Å²) in [4.78, 5) is 24.5. The average Bonchev–Trinajstić information content (AvgIpc) is 2.53. The summed E-state index contributed by atoms with van der Waals surface area (Å²) >= 11 is 0. The van der Waals surface area contributed by atoms with E-state index in [0.717, 1.165) is 0 Å². The van der Waals surface area contributed by atoms with Gasteiger partial charge in [-0.2, -0.15) is 0 Å². The quantitative estimate of drug-likeness (QED) is 0.683. The Hall–Kier alpha value is -2.44. The highest BCUT2D eigenvalue weighted by atomic mass is 16.6. The average molecular weight is 352 g/mol. The molecule has 1 aromatic carbocycles. The zero-order valence-electron chi connectivity index (χ0n) is 15.7. The highest BCUT2D eigenvalue weighted by Crippen LogP contribution is 2.30. The van der Waals surface area contributed by atoms with Crippen LogP contribution in [0.2, 0.25) is 0 Å². The number of amides is 2. The van der Waals surface area contributed by atoms with Crippen LogP contribution < -0.4 is 15.4 Å². The molecule has 7 heteroatoms. The van der Waals surface area contributed by atoms with Gasteiger partial charge in [0.05, 0.1) is 18.2 Å². The van der Waals surface area contributed by atoms with Gasteiger partial charge in [-0.05, 0) is 46.2 Å². The molecule has 1 aromatic rings. The van der Waals surface area contributed by atoms with Crippen molar-refractivity contribution in [2.45, 2.75) is 46.6 Å². The van der Waals surface area contributed by atoms with Crippen molar-refractivity contribution in [1.82, 2.24) is 5.32 Å². The predicted molar refractivity (Wildman–Crippen MR) is 95.9 cm³/mol. The highest BCUT2D eigenvalue weighted by Gasteiger charge is 2.33. The lowest BCUT2D eigenvalue weighted by atomic mass is 9.86. The van der Waals surface area contributed by atoms with Gasteiger partial charge in [0.2, 0.25) is 5.91 Å². The number of methoxy groups -OCH3 is 1. The van der Waals surface area contributed by atoms with Crippen molar-refractivity contribution in [3.8, 4) is 11.5 Å². The van der Waals surface area contributed by atoms with Gasteiger partial charge in [0, 0.05) is 12.6 Å². The molecule has 0 aliphatic carbocycles. The monoisotopic (exact) mass is 352 g/mol. The van der Waals surface area contributed by atoms with E-state index in [0.29, 0.717) is 12.2 Å². The van der Waals surface area contributed by atoms with E-state index in [1.54, 1.807) is 33.8 Å². The van der Waals surface area contributed by atoms with Crippen LogP contribution in [-0.2, 0) is 9.53 Å². The number of hydrogen-bond acceptors (Lipinski definition) is 5. The summed E-state index contributed by atoms with van der Waals surface area (Å²) < 4.78 is 10.3. The fraction of sp³-hybridized carbons (Fsp3) is 0.556. The van der Waals surface area contributed by atoms with Crippen molar-refractivity contribution < 1.29 is 24.2 Å². The molecular weight excluding hydrogens is 324 g/mol. The number of carbonyl (C=O) groups is 2. The van der Waals surface area contributed by atoms with Gasteiger partial charge in [0.15, 0.2) is 0 Å². The number of rotatable bonds is 6. The summed E-state index contributed by atoms with van der Waals surface area (Å²) in [5, 5.41) is 15.2. The minimum atomic E-state index is -0.869. The molecule has 0 aromatic heterocycles. The molecule has 140 valence electrons. The Bertz CT molecular complexity index is 624. The first-order valence-corrected chi connectivity index (χ1v) is 8.16. The first kappa shape index (κ1) is 20.6. The number of phenols is 1. The minimum absolute atomic E-state index is 0.0623. The molecule has 0 spiro atoms. The molecule has 3 N–H and O–H groups in total. The van der Waals surface area contributed by atoms with Crippen molar-refractivity contribution in [1.29, 1.82) is 0 Å². The molecule has 0 aliphatic rings. The Balaban J connectivity index is 2.80. The summed E-state index contributed by atoms with van der Waals surface area (Å²) in [6.45, 7) is 8.99. The molecule has 1 atom stereocenters. The molecule has 0 unspecified atom stereocenters. The Morgan fingerprint density at radius 1 is 1.20 bits per heavy atom. The first-order chi connectivity index (χ1) is 11.5. The number of nitrogens with one attached hydrogen (secondary N) is 2. The third kappa shape index (κ3) is 6.17. The number of carbonyl (C=O) groups excluding carboxylic acids is 2. The van der Waals surface area contributed by atoms with E-state index in [9.17, 15) is 14.7 Å². The van der Waals surface area contributed by atoms with E-state index in [-0.39, 0.29) is 23.9 Å².